The Morgan fingerprint density at radius 3 is 2.38 bits per heavy atom. The Labute approximate surface area is 96.7 Å². The van der Waals surface area contributed by atoms with Crippen LogP contribution in [0.2, 0.25) is 0 Å². The molecule has 88 valence electrons. The molecule has 0 heterocycles. The molecular formula is C13H19NO2. The van der Waals surface area contributed by atoms with E-state index < -0.39 is 5.54 Å². The Hall–Kier alpha value is -1.35. The molecule has 1 rings (SSSR count). The lowest BCUT2D eigenvalue weighted by molar-refractivity contribution is -0.135. The highest BCUT2D eigenvalue weighted by atomic mass is 16.3. The highest BCUT2D eigenvalue weighted by Crippen LogP contribution is 2.13. The normalized spacial score (nSPS) is 11.2. The maximum atomic E-state index is 11.9. The van der Waals surface area contributed by atoms with Crippen molar-refractivity contribution in [3.05, 3.63) is 35.9 Å². The molecule has 1 N–H and O–H groups in total. The SMILES string of the molecule is CN(C(=O)Cc1ccccc1)C(C)(C)CO. The fourth-order valence-electron chi connectivity index (χ4n) is 1.33. The first kappa shape index (κ1) is 12.7. The summed E-state index contributed by atoms with van der Waals surface area (Å²) in [5, 5.41) is 9.19. The van der Waals surface area contributed by atoms with Gasteiger partial charge in [0, 0.05) is 7.05 Å². The molecule has 0 aliphatic heterocycles. The molecule has 0 atom stereocenters. The van der Waals surface area contributed by atoms with Crippen LogP contribution in [-0.4, -0.2) is 35.1 Å². The van der Waals surface area contributed by atoms with Gasteiger partial charge in [-0.25, -0.2) is 0 Å². The highest BCUT2D eigenvalue weighted by Gasteiger charge is 2.26. The van der Waals surface area contributed by atoms with Crippen molar-refractivity contribution >= 4 is 5.91 Å². The molecule has 0 aliphatic carbocycles. The molecule has 0 aromatic heterocycles. The molecule has 0 radical (unpaired) electrons. The number of likely N-dealkylation sites (N-methyl/N-ethyl adjacent to an activating group) is 1. The van der Waals surface area contributed by atoms with E-state index in [1.54, 1.807) is 11.9 Å². The Bertz CT molecular complexity index is 346. The van der Waals surface area contributed by atoms with E-state index >= 15 is 0 Å². The summed E-state index contributed by atoms with van der Waals surface area (Å²) in [7, 11) is 1.72. The zero-order valence-electron chi connectivity index (χ0n) is 10.1. The van der Waals surface area contributed by atoms with Crippen LogP contribution in [0.3, 0.4) is 0 Å². The first-order valence-electron chi connectivity index (χ1n) is 5.39. The average molecular weight is 221 g/mol. The van der Waals surface area contributed by atoms with Gasteiger partial charge >= 0.3 is 0 Å². The Balaban J connectivity index is 2.66. The van der Waals surface area contributed by atoms with Crippen molar-refractivity contribution in [1.82, 2.24) is 4.90 Å². The van der Waals surface area contributed by atoms with Crippen molar-refractivity contribution in [3.63, 3.8) is 0 Å². The molecule has 0 spiro atoms. The molecule has 0 aliphatic rings. The minimum Gasteiger partial charge on any atom is -0.394 e. The topological polar surface area (TPSA) is 40.5 Å². The summed E-state index contributed by atoms with van der Waals surface area (Å²) < 4.78 is 0. The van der Waals surface area contributed by atoms with E-state index in [9.17, 15) is 9.90 Å². The standard InChI is InChI=1S/C13H19NO2/c1-13(2,10-15)14(3)12(16)9-11-7-5-4-6-8-11/h4-8,15H,9-10H2,1-3H3. The van der Waals surface area contributed by atoms with Gasteiger partial charge in [-0.15, -0.1) is 0 Å². The van der Waals surface area contributed by atoms with Gasteiger partial charge in [-0.2, -0.15) is 0 Å². The molecule has 1 aromatic rings. The van der Waals surface area contributed by atoms with Gasteiger partial charge in [-0.3, -0.25) is 4.79 Å². The van der Waals surface area contributed by atoms with Gasteiger partial charge in [0.25, 0.3) is 0 Å². The van der Waals surface area contributed by atoms with Crippen molar-refractivity contribution < 1.29 is 9.90 Å². The summed E-state index contributed by atoms with van der Waals surface area (Å²) in [6.07, 6.45) is 0.376. The average Bonchev–Trinajstić information content (AvgIpc) is 2.29. The molecule has 1 aromatic carbocycles. The zero-order chi connectivity index (χ0) is 12.2. The maximum Gasteiger partial charge on any atom is 0.227 e. The number of amides is 1. The largest absolute Gasteiger partial charge is 0.394 e. The van der Waals surface area contributed by atoms with Gasteiger partial charge in [0.15, 0.2) is 0 Å². The molecule has 1 amide bonds. The van der Waals surface area contributed by atoms with Crippen LogP contribution in [0, 0.1) is 0 Å². The van der Waals surface area contributed by atoms with Crippen LogP contribution in [0.15, 0.2) is 30.3 Å². The van der Waals surface area contributed by atoms with Crippen LogP contribution >= 0.6 is 0 Å². The number of carbonyl (C=O) groups excluding carboxylic acids is 1. The lowest BCUT2D eigenvalue weighted by Gasteiger charge is -2.34. The second kappa shape index (κ2) is 5.12. The molecule has 0 bridgehead atoms. The lowest BCUT2D eigenvalue weighted by atomic mass is 10.0. The van der Waals surface area contributed by atoms with E-state index in [0.717, 1.165) is 5.56 Å². The number of carbonyl (C=O) groups is 1. The van der Waals surface area contributed by atoms with E-state index in [-0.39, 0.29) is 12.5 Å². The third-order valence-electron chi connectivity index (χ3n) is 2.87. The van der Waals surface area contributed by atoms with Crippen molar-refractivity contribution in [2.75, 3.05) is 13.7 Å². The van der Waals surface area contributed by atoms with Crippen LogP contribution in [-0.2, 0) is 11.2 Å². The monoisotopic (exact) mass is 221 g/mol. The van der Waals surface area contributed by atoms with Crippen LogP contribution in [0.25, 0.3) is 0 Å². The third kappa shape index (κ3) is 3.07. The number of nitrogens with zero attached hydrogens (tertiary/aromatic N) is 1. The third-order valence-corrected chi connectivity index (χ3v) is 2.87. The molecule has 0 fully saturated rings. The predicted octanol–water partition coefficient (Wildman–Crippen LogP) is 1.46. The van der Waals surface area contributed by atoms with Crippen LogP contribution < -0.4 is 0 Å². The number of aliphatic hydroxyl groups is 1. The first-order valence-corrected chi connectivity index (χ1v) is 5.39. The summed E-state index contributed by atoms with van der Waals surface area (Å²) in [4.78, 5) is 13.5. The molecule has 0 saturated carbocycles. The molecular weight excluding hydrogens is 202 g/mol. The summed E-state index contributed by atoms with van der Waals surface area (Å²) >= 11 is 0. The van der Waals surface area contributed by atoms with Crippen LogP contribution in [0.5, 0.6) is 0 Å². The van der Waals surface area contributed by atoms with Gasteiger partial charge < -0.3 is 10.0 Å². The van der Waals surface area contributed by atoms with E-state index in [2.05, 4.69) is 0 Å². The van der Waals surface area contributed by atoms with E-state index in [1.807, 2.05) is 44.2 Å². The number of hydrogen-bond donors (Lipinski definition) is 1. The van der Waals surface area contributed by atoms with Gasteiger partial charge in [-0.1, -0.05) is 30.3 Å². The second-order valence-corrected chi connectivity index (χ2v) is 4.59. The van der Waals surface area contributed by atoms with E-state index in [1.165, 1.54) is 0 Å². The smallest absolute Gasteiger partial charge is 0.227 e. The minimum absolute atomic E-state index is 0.0188. The summed E-state index contributed by atoms with van der Waals surface area (Å²) in [5.41, 5.74) is 0.486. The maximum absolute atomic E-state index is 11.9. The fourth-order valence-corrected chi connectivity index (χ4v) is 1.33. The minimum atomic E-state index is -0.508. The molecule has 0 unspecified atom stereocenters. The fraction of sp³-hybridized carbons (Fsp3) is 0.462. The van der Waals surface area contributed by atoms with Gasteiger partial charge in [0.05, 0.1) is 18.6 Å². The van der Waals surface area contributed by atoms with Gasteiger partial charge in [-0.05, 0) is 19.4 Å². The number of aliphatic hydroxyl groups excluding tert-OH is 1. The van der Waals surface area contributed by atoms with Crippen molar-refractivity contribution in [2.24, 2.45) is 0 Å². The molecule has 3 heteroatoms. The number of benzene rings is 1. The predicted molar refractivity (Wildman–Crippen MR) is 64.1 cm³/mol. The summed E-state index contributed by atoms with van der Waals surface area (Å²) in [5.74, 6) is 0.0188. The Morgan fingerprint density at radius 2 is 1.88 bits per heavy atom. The Kier molecular flexibility index (Phi) is 4.07. The van der Waals surface area contributed by atoms with Gasteiger partial charge in [0.1, 0.15) is 0 Å². The quantitative estimate of drug-likeness (QED) is 0.836. The zero-order valence-corrected chi connectivity index (χ0v) is 10.1. The van der Waals surface area contributed by atoms with Crippen molar-refractivity contribution in [2.45, 2.75) is 25.8 Å². The van der Waals surface area contributed by atoms with Crippen LogP contribution in [0.4, 0.5) is 0 Å². The van der Waals surface area contributed by atoms with Crippen molar-refractivity contribution in [3.8, 4) is 0 Å². The first-order chi connectivity index (χ1) is 7.47. The Morgan fingerprint density at radius 1 is 1.31 bits per heavy atom. The lowest BCUT2D eigenvalue weighted by Crippen LogP contribution is -2.48. The second-order valence-electron chi connectivity index (χ2n) is 4.59. The summed E-state index contributed by atoms with van der Waals surface area (Å²) in [6, 6.07) is 9.62. The number of hydrogen-bond acceptors (Lipinski definition) is 2. The number of rotatable bonds is 4. The van der Waals surface area contributed by atoms with E-state index in [0.29, 0.717) is 6.42 Å². The molecule has 16 heavy (non-hydrogen) atoms. The summed E-state index contributed by atoms with van der Waals surface area (Å²) in [6.45, 7) is 3.65. The molecule has 0 saturated heterocycles. The molecule has 3 nitrogen and oxygen atoms in total. The van der Waals surface area contributed by atoms with E-state index in [4.69, 9.17) is 0 Å². The van der Waals surface area contributed by atoms with Crippen molar-refractivity contribution in [1.29, 1.82) is 0 Å². The van der Waals surface area contributed by atoms with Gasteiger partial charge in [0.2, 0.25) is 5.91 Å². The van der Waals surface area contributed by atoms with Crippen LogP contribution in [0.1, 0.15) is 19.4 Å². The highest BCUT2D eigenvalue weighted by molar-refractivity contribution is 5.79.